The second-order valence-corrected chi connectivity index (χ2v) is 7.05. The fraction of sp³-hybridized carbons (Fsp3) is 0.688. The largest absolute Gasteiger partial charge is 0.566 e. The van der Waals surface area contributed by atoms with Crippen LogP contribution in [0, 0.1) is 0 Å². The average molecular weight is 415 g/mol. The minimum Gasteiger partial charge on any atom is -0.566 e. The van der Waals surface area contributed by atoms with E-state index in [4.69, 9.17) is 10.5 Å². The second-order valence-electron chi connectivity index (χ2n) is 6.35. The van der Waals surface area contributed by atoms with Gasteiger partial charge in [-0.2, -0.15) is 0 Å². The molecule has 1 saturated heterocycles. The first-order chi connectivity index (χ1) is 13.4. The van der Waals surface area contributed by atoms with Crippen LogP contribution in [0.1, 0.15) is 33.4 Å². The number of nitrogens with one attached hydrogen (secondary N) is 1. The summed E-state index contributed by atoms with van der Waals surface area (Å²) in [5.41, 5.74) is 6.62. The minimum atomic E-state index is -2.97. The van der Waals surface area contributed by atoms with E-state index < -0.39 is 26.7 Å². The molecule has 0 bridgehead atoms. The van der Waals surface area contributed by atoms with E-state index in [1.54, 1.807) is 9.47 Å². The number of aliphatic hydroxyl groups excluding tert-OH is 1. The standard InChI is InChI=1S/C10H12N5O5P.C6H15N/c11-9-8-10(13-3-12-9)15(4-14-8)7-1-5(16)6(20-7)2-19-21(17)18;1-4-7(5-2)6-3/h3-7,16H,1-2H2,(H2,11,12,13);4-6H2,1-3H3/p+1/t5-,6+,7+;/m0./s1. The van der Waals surface area contributed by atoms with Crippen molar-refractivity contribution in [2.24, 2.45) is 0 Å². The molecular formula is C16H28N6O5P+. The Kier molecular flexibility index (Phi) is 8.61. The second kappa shape index (κ2) is 10.7. The van der Waals surface area contributed by atoms with Crippen molar-refractivity contribution in [1.29, 1.82) is 0 Å². The molecule has 0 saturated carbocycles. The van der Waals surface area contributed by atoms with Gasteiger partial charge >= 0.3 is 8.25 Å². The van der Waals surface area contributed by atoms with Crippen LogP contribution in [0.2, 0.25) is 0 Å². The van der Waals surface area contributed by atoms with Crippen LogP contribution in [0.4, 0.5) is 5.82 Å². The molecule has 3 rings (SSSR count). The highest BCUT2D eigenvalue weighted by Gasteiger charge is 2.37. The third-order valence-electron chi connectivity index (χ3n) is 4.75. The zero-order chi connectivity index (χ0) is 20.7. The molecule has 1 aliphatic rings. The predicted molar refractivity (Wildman–Crippen MR) is 100 cm³/mol. The summed E-state index contributed by atoms with van der Waals surface area (Å²) < 4.78 is 22.1. The fourth-order valence-electron chi connectivity index (χ4n) is 3.00. The van der Waals surface area contributed by atoms with Crippen molar-refractivity contribution >= 4 is 25.2 Å². The van der Waals surface area contributed by atoms with Crippen LogP contribution in [-0.2, 0) is 13.8 Å². The van der Waals surface area contributed by atoms with E-state index >= 15 is 0 Å². The van der Waals surface area contributed by atoms with Gasteiger partial charge in [0.15, 0.2) is 11.5 Å². The molecule has 11 nitrogen and oxygen atoms in total. The van der Waals surface area contributed by atoms with E-state index in [1.165, 1.54) is 32.3 Å². The SMILES string of the molecule is CC[NH+](CC)CC.Nc1ncnc2c1ncn2[C@H]1C[C@H](O)[C@@H](CO[P+](=O)[O-])O1. The summed E-state index contributed by atoms with van der Waals surface area (Å²) in [6.45, 7) is 10.3. The Morgan fingerprint density at radius 2 is 2.04 bits per heavy atom. The molecule has 156 valence electrons. The van der Waals surface area contributed by atoms with Crippen molar-refractivity contribution in [1.82, 2.24) is 19.5 Å². The van der Waals surface area contributed by atoms with Gasteiger partial charge in [0.05, 0.1) is 32.1 Å². The molecule has 1 unspecified atom stereocenters. The number of hydrogen-bond acceptors (Lipinski definition) is 9. The maximum Gasteiger partial charge on any atom is 0.488 e. The van der Waals surface area contributed by atoms with Crippen molar-refractivity contribution in [2.75, 3.05) is 32.0 Å². The highest BCUT2D eigenvalue weighted by molar-refractivity contribution is 7.30. The molecule has 12 heteroatoms. The molecule has 0 aliphatic carbocycles. The number of imidazole rings is 1. The van der Waals surface area contributed by atoms with Gasteiger partial charge in [0.25, 0.3) is 0 Å². The van der Waals surface area contributed by atoms with Crippen LogP contribution in [0.15, 0.2) is 12.7 Å². The van der Waals surface area contributed by atoms with Gasteiger partial charge in [0.1, 0.15) is 30.8 Å². The lowest BCUT2D eigenvalue weighted by Gasteiger charge is -2.13. The molecular weight excluding hydrogens is 387 g/mol. The summed E-state index contributed by atoms with van der Waals surface area (Å²) >= 11 is 0. The van der Waals surface area contributed by atoms with Crippen LogP contribution in [0.3, 0.4) is 0 Å². The van der Waals surface area contributed by atoms with Crippen molar-refractivity contribution < 1.29 is 28.7 Å². The average Bonchev–Trinajstić information content (AvgIpc) is 3.26. The first kappa shape index (κ1) is 22.5. The van der Waals surface area contributed by atoms with Crippen molar-refractivity contribution in [3.8, 4) is 0 Å². The first-order valence-electron chi connectivity index (χ1n) is 9.28. The first-order valence-corrected chi connectivity index (χ1v) is 10.4. The zero-order valence-electron chi connectivity index (χ0n) is 16.3. The lowest BCUT2D eigenvalue weighted by molar-refractivity contribution is -0.894. The lowest BCUT2D eigenvalue weighted by atomic mass is 10.2. The lowest BCUT2D eigenvalue weighted by Crippen LogP contribution is -3.11. The van der Waals surface area contributed by atoms with Crippen LogP contribution < -0.4 is 15.5 Å². The summed E-state index contributed by atoms with van der Waals surface area (Å²) in [7, 11) is -2.97. The van der Waals surface area contributed by atoms with E-state index in [2.05, 4.69) is 40.2 Å². The molecule has 4 N–H and O–H groups in total. The Labute approximate surface area is 164 Å². The van der Waals surface area contributed by atoms with E-state index in [0.29, 0.717) is 11.2 Å². The third kappa shape index (κ3) is 5.63. The van der Waals surface area contributed by atoms with Gasteiger partial charge in [0.2, 0.25) is 0 Å². The van der Waals surface area contributed by atoms with Gasteiger partial charge in [-0.15, -0.1) is 4.52 Å². The maximum absolute atomic E-state index is 10.4. The monoisotopic (exact) mass is 415 g/mol. The van der Waals surface area contributed by atoms with E-state index in [1.807, 2.05) is 0 Å². The Bertz CT molecular complexity index is 766. The van der Waals surface area contributed by atoms with Crippen molar-refractivity contribution in [3.05, 3.63) is 12.7 Å². The number of ether oxygens (including phenoxy) is 1. The predicted octanol–water partition coefficient (Wildman–Crippen LogP) is -0.978. The molecule has 1 aliphatic heterocycles. The number of fused-ring (bicyclic) bond motifs is 1. The Morgan fingerprint density at radius 1 is 1.36 bits per heavy atom. The molecule has 0 aromatic carbocycles. The Balaban J connectivity index is 0.000000345. The van der Waals surface area contributed by atoms with Crippen LogP contribution >= 0.6 is 8.25 Å². The number of hydrogen-bond donors (Lipinski definition) is 3. The molecule has 0 spiro atoms. The zero-order valence-corrected chi connectivity index (χ0v) is 17.2. The smallest absolute Gasteiger partial charge is 0.488 e. The number of aromatic nitrogens is 4. The molecule has 28 heavy (non-hydrogen) atoms. The van der Waals surface area contributed by atoms with Crippen LogP contribution in [0.5, 0.6) is 0 Å². The number of rotatable bonds is 7. The quantitative estimate of drug-likeness (QED) is 0.484. The summed E-state index contributed by atoms with van der Waals surface area (Å²) in [5, 5.41) is 9.90. The number of nitrogens with two attached hydrogens (primary N) is 1. The molecule has 2 aromatic rings. The number of aliphatic hydroxyl groups is 1. The molecule has 0 amide bonds. The Morgan fingerprint density at radius 3 is 2.61 bits per heavy atom. The number of nitrogens with zero attached hydrogens (tertiary/aromatic N) is 4. The number of quaternary nitrogens is 1. The number of anilines is 1. The van der Waals surface area contributed by atoms with E-state index in [9.17, 15) is 14.6 Å². The normalized spacial score (nSPS) is 22.4. The van der Waals surface area contributed by atoms with Crippen LogP contribution in [-0.4, -0.2) is 63.1 Å². The minimum absolute atomic E-state index is 0.236. The molecule has 1 fully saturated rings. The molecule has 3 heterocycles. The highest BCUT2D eigenvalue weighted by atomic mass is 31.1. The highest BCUT2D eigenvalue weighted by Crippen LogP contribution is 2.32. The molecule has 2 aromatic heterocycles. The van der Waals surface area contributed by atoms with Gasteiger partial charge < -0.3 is 25.4 Å². The molecule has 0 radical (unpaired) electrons. The summed E-state index contributed by atoms with van der Waals surface area (Å²) in [6, 6.07) is 0. The summed E-state index contributed by atoms with van der Waals surface area (Å²) in [4.78, 5) is 24.1. The van der Waals surface area contributed by atoms with E-state index in [0.717, 1.165) is 0 Å². The van der Waals surface area contributed by atoms with Crippen molar-refractivity contribution in [2.45, 2.75) is 45.6 Å². The van der Waals surface area contributed by atoms with Crippen LogP contribution in [0.25, 0.3) is 11.2 Å². The third-order valence-corrected chi connectivity index (χ3v) is 5.11. The van der Waals surface area contributed by atoms with Gasteiger partial charge in [-0.05, 0) is 25.3 Å². The Hall–Kier alpha value is -1.75. The van der Waals surface area contributed by atoms with Gasteiger partial charge in [-0.3, -0.25) is 4.57 Å². The molecule has 4 atom stereocenters. The topological polar surface area (TPSA) is 153 Å². The van der Waals surface area contributed by atoms with Gasteiger partial charge in [0, 0.05) is 6.42 Å². The van der Waals surface area contributed by atoms with E-state index in [-0.39, 0.29) is 18.8 Å². The van der Waals surface area contributed by atoms with Gasteiger partial charge in [-0.1, -0.05) is 0 Å². The van der Waals surface area contributed by atoms with Crippen molar-refractivity contribution in [3.63, 3.8) is 0 Å². The summed E-state index contributed by atoms with van der Waals surface area (Å²) in [5.74, 6) is 0.250. The fourth-order valence-corrected chi connectivity index (χ4v) is 3.27. The maximum atomic E-state index is 10.4. The van der Waals surface area contributed by atoms with Gasteiger partial charge in [-0.25, -0.2) is 15.0 Å². The number of nitrogen functional groups attached to an aromatic ring is 1. The summed E-state index contributed by atoms with van der Waals surface area (Å²) in [6.07, 6.45) is 0.950.